The fraction of sp³-hybridized carbons (Fsp3) is 0.300. The molecule has 0 radical (unpaired) electrons. The molecule has 5 heteroatoms. The van der Waals surface area contributed by atoms with Crippen molar-refractivity contribution in [3.8, 4) is 0 Å². The van der Waals surface area contributed by atoms with Crippen molar-refractivity contribution in [1.82, 2.24) is 14.5 Å². The van der Waals surface area contributed by atoms with Crippen LogP contribution in [0.25, 0.3) is 10.9 Å². The number of hydrogen-bond donors (Lipinski definition) is 1. The molecule has 3 aromatic rings. The molecule has 3 rings (SSSR count). The first-order chi connectivity index (χ1) is 12.1. The van der Waals surface area contributed by atoms with E-state index < -0.39 is 0 Å². The van der Waals surface area contributed by atoms with Crippen molar-refractivity contribution in [1.29, 1.82) is 0 Å². The third-order valence-corrected chi connectivity index (χ3v) is 4.74. The highest BCUT2D eigenvalue weighted by atomic mass is 16.1. The second-order valence-electron chi connectivity index (χ2n) is 6.45. The zero-order valence-electron chi connectivity index (χ0n) is 14.7. The fourth-order valence-corrected chi connectivity index (χ4v) is 3.17. The summed E-state index contributed by atoms with van der Waals surface area (Å²) in [6.45, 7) is 3.63. The Hall–Kier alpha value is -2.66. The smallest absolute Gasteiger partial charge is 0.219 e. The minimum absolute atomic E-state index is 0.275. The number of nitrogens with two attached hydrogens (primary N) is 1. The Balaban J connectivity index is 1.84. The topological polar surface area (TPSA) is 64.2 Å². The number of primary amides is 1. The molecule has 0 aliphatic carbocycles. The van der Waals surface area contributed by atoms with E-state index in [-0.39, 0.29) is 11.9 Å². The molecule has 0 saturated carbocycles. The van der Waals surface area contributed by atoms with Crippen LogP contribution < -0.4 is 5.73 Å². The number of fused-ring (bicyclic) bond motifs is 1. The number of nitrogens with zero attached hydrogens (tertiary/aromatic N) is 3. The van der Waals surface area contributed by atoms with Gasteiger partial charge in [0.25, 0.3) is 0 Å². The molecule has 1 atom stereocenters. The minimum Gasteiger partial charge on any atom is -0.370 e. The summed E-state index contributed by atoms with van der Waals surface area (Å²) in [5.41, 5.74) is 8.95. The summed E-state index contributed by atoms with van der Waals surface area (Å²) >= 11 is 0. The normalized spacial score (nSPS) is 12.6. The molecule has 2 aromatic heterocycles. The summed E-state index contributed by atoms with van der Waals surface area (Å²) in [6, 6.07) is 12.7. The van der Waals surface area contributed by atoms with Gasteiger partial charge in [-0.25, -0.2) is 0 Å². The van der Waals surface area contributed by atoms with Crippen molar-refractivity contribution in [2.75, 3.05) is 7.05 Å². The Bertz CT molecular complexity index is 857. The van der Waals surface area contributed by atoms with Gasteiger partial charge in [0.15, 0.2) is 0 Å². The summed E-state index contributed by atoms with van der Waals surface area (Å²) < 4.78 is 2.13. The lowest BCUT2D eigenvalue weighted by Crippen LogP contribution is -2.21. The fourth-order valence-electron chi connectivity index (χ4n) is 3.17. The Kier molecular flexibility index (Phi) is 5.14. The van der Waals surface area contributed by atoms with Gasteiger partial charge in [0, 0.05) is 55.0 Å². The maximum absolute atomic E-state index is 11.1. The molecule has 130 valence electrons. The van der Waals surface area contributed by atoms with Crippen molar-refractivity contribution in [3.05, 3.63) is 66.1 Å². The molecule has 0 spiro atoms. The molecule has 0 saturated heterocycles. The predicted molar refractivity (Wildman–Crippen MR) is 99.9 cm³/mol. The van der Waals surface area contributed by atoms with Gasteiger partial charge in [0.05, 0.1) is 0 Å². The lowest BCUT2D eigenvalue weighted by Gasteiger charge is -2.24. The molecule has 25 heavy (non-hydrogen) atoms. The van der Waals surface area contributed by atoms with Crippen LogP contribution in [0.3, 0.4) is 0 Å². The summed E-state index contributed by atoms with van der Waals surface area (Å²) in [5, 5.41) is 1.22. The van der Waals surface area contributed by atoms with E-state index in [1.807, 2.05) is 18.5 Å². The minimum atomic E-state index is -0.275. The van der Waals surface area contributed by atoms with Crippen molar-refractivity contribution in [2.24, 2.45) is 5.73 Å². The van der Waals surface area contributed by atoms with Crippen LogP contribution >= 0.6 is 0 Å². The molecule has 0 aliphatic heterocycles. The molecular weight excluding hydrogens is 312 g/mol. The van der Waals surface area contributed by atoms with Crippen LogP contribution in [-0.4, -0.2) is 27.4 Å². The Morgan fingerprint density at radius 1 is 1.24 bits per heavy atom. The van der Waals surface area contributed by atoms with Crippen molar-refractivity contribution in [2.45, 2.75) is 32.5 Å². The molecular formula is C20H24N4O. The van der Waals surface area contributed by atoms with Crippen molar-refractivity contribution >= 4 is 16.8 Å². The number of pyridine rings is 1. The van der Waals surface area contributed by atoms with Crippen LogP contribution in [0.1, 0.15) is 30.5 Å². The van der Waals surface area contributed by atoms with E-state index in [1.165, 1.54) is 16.5 Å². The highest BCUT2D eigenvalue weighted by Gasteiger charge is 2.15. The van der Waals surface area contributed by atoms with Crippen LogP contribution in [0.2, 0.25) is 0 Å². The first kappa shape index (κ1) is 17.2. The zero-order chi connectivity index (χ0) is 17.8. The molecule has 0 aliphatic rings. The van der Waals surface area contributed by atoms with E-state index in [4.69, 9.17) is 5.73 Å². The average Bonchev–Trinajstić information content (AvgIpc) is 2.98. The number of benzene rings is 1. The number of aromatic nitrogens is 2. The molecule has 1 aromatic carbocycles. The maximum atomic E-state index is 11.1. The number of para-hydroxylation sites is 1. The third kappa shape index (κ3) is 3.88. The van der Waals surface area contributed by atoms with E-state index in [1.54, 1.807) is 0 Å². The van der Waals surface area contributed by atoms with Gasteiger partial charge < -0.3 is 10.3 Å². The Morgan fingerprint density at radius 3 is 2.68 bits per heavy atom. The molecule has 0 bridgehead atoms. The van der Waals surface area contributed by atoms with Gasteiger partial charge in [-0.1, -0.05) is 18.2 Å². The number of carbonyl (C=O) groups is 1. The monoisotopic (exact) mass is 336 g/mol. The van der Waals surface area contributed by atoms with Crippen molar-refractivity contribution in [3.63, 3.8) is 0 Å². The maximum Gasteiger partial charge on any atom is 0.219 e. The predicted octanol–water partition coefficient (Wildman–Crippen LogP) is 3.10. The Morgan fingerprint density at radius 2 is 1.96 bits per heavy atom. The standard InChI is InChI=1S/C20H24N4O/c1-15(16-7-10-22-11-8-16)23(2)13-17-14-24(12-9-20(21)25)19-6-4-3-5-18(17)19/h3-8,10-11,14-15H,9,12-13H2,1-2H3,(H2,21,25)/t15-/m0/s1. The highest BCUT2D eigenvalue weighted by molar-refractivity contribution is 5.84. The number of hydrogen-bond acceptors (Lipinski definition) is 3. The largest absolute Gasteiger partial charge is 0.370 e. The first-order valence-corrected chi connectivity index (χ1v) is 8.51. The van der Waals surface area contributed by atoms with Crippen LogP contribution in [0.5, 0.6) is 0 Å². The number of carbonyl (C=O) groups excluding carboxylic acids is 1. The third-order valence-electron chi connectivity index (χ3n) is 4.74. The van der Waals surface area contributed by atoms with Gasteiger partial charge in [-0.05, 0) is 43.3 Å². The molecule has 2 heterocycles. The highest BCUT2D eigenvalue weighted by Crippen LogP contribution is 2.26. The Labute approximate surface area is 148 Å². The molecule has 0 unspecified atom stereocenters. The number of aryl methyl sites for hydroxylation is 1. The van der Waals surface area contributed by atoms with Crippen LogP contribution in [0.4, 0.5) is 0 Å². The summed E-state index contributed by atoms with van der Waals surface area (Å²) in [6.07, 6.45) is 6.15. The van der Waals surface area contributed by atoms with E-state index >= 15 is 0 Å². The lowest BCUT2D eigenvalue weighted by molar-refractivity contribution is -0.118. The van der Waals surface area contributed by atoms with Crippen LogP contribution in [0.15, 0.2) is 55.0 Å². The van der Waals surface area contributed by atoms with Gasteiger partial charge in [0.2, 0.25) is 5.91 Å². The van der Waals surface area contributed by atoms with E-state index in [2.05, 4.69) is 65.0 Å². The van der Waals surface area contributed by atoms with E-state index in [0.717, 1.165) is 12.1 Å². The molecule has 2 N–H and O–H groups in total. The van der Waals surface area contributed by atoms with Gasteiger partial charge in [-0.3, -0.25) is 14.7 Å². The molecule has 5 nitrogen and oxygen atoms in total. The van der Waals surface area contributed by atoms with Crippen LogP contribution in [-0.2, 0) is 17.9 Å². The van der Waals surface area contributed by atoms with E-state index in [0.29, 0.717) is 13.0 Å². The summed E-state index contributed by atoms with van der Waals surface area (Å²) in [7, 11) is 2.13. The van der Waals surface area contributed by atoms with Gasteiger partial charge >= 0.3 is 0 Å². The van der Waals surface area contributed by atoms with Gasteiger partial charge in [-0.2, -0.15) is 0 Å². The summed E-state index contributed by atoms with van der Waals surface area (Å²) in [5.74, 6) is -0.275. The zero-order valence-corrected chi connectivity index (χ0v) is 14.7. The number of amides is 1. The average molecular weight is 336 g/mol. The second-order valence-corrected chi connectivity index (χ2v) is 6.45. The van der Waals surface area contributed by atoms with Gasteiger partial charge in [-0.15, -0.1) is 0 Å². The lowest BCUT2D eigenvalue weighted by atomic mass is 10.1. The number of rotatable bonds is 7. The second kappa shape index (κ2) is 7.49. The summed E-state index contributed by atoms with van der Waals surface area (Å²) in [4.78, 5) is 17.5. The van der Waals surface area contributed by atoms with Crippen LogP contribution in [0, 0.1) is 0 Å². The molecule has 1 amide bonds. The van der Waals surface area contributed by atoms with E-state index in [9.17, 15) is 4.79 Å². The SMILES string of the molecule is C[C@@H](c1ccncc1)N(C)Cc1cn(CCC(N)=O)c2ccccc12. The first-order valence-electron chi connectivity index (χ1n) is 8.51. The molecule has 0 fully saturated rings. The van der Waals surface area contributed by atoms with Gasteiger partial charge in [0.1, 0.15) is 0 Å². The quantitative estimate of drug-likeness (QED) is 0.721. The van der Waals surface area contributed by atoms with Crippen molar-refractivity contribution < 1.29 is 4.79 Å².